The Morgan fingerprint density at radius 1 is 0.857 bits per heavy atom. The maximum atomic E-state index is 10.8. The molecule has 0 radical (unpaired) electrons. The summed E-state index contributed by atoms with van der Waals surface area (Å²) >= 11 is -1.06. The molecule has 0 saturated heterocycles. The summed E-state index contributed by atoms with van der Waals surface area (Å²) in [5.74, 6) is 0. The zero-order valence-electron chi connectivity index (χ0n) is 3.00. The number of hydrogen-bond acceptors (Lipinski definition) is 0. The van der Waals surface area contributed by atoms with E-state index in [-0.39, 0.29) is 0 Å². The van der Waals surface area contributed by atoms with Gasteiger partial charge in [-0.1, -0.05) is 0 Å². The van der Waals surface area contributed by atoms with Gasteiger partial charge in [-0.15, -0.1) is 0 Å². The first kappa shape index (κ1) is 7.36. The molecule has 0 nitrogen and oxygen atoms in total. The Hall–Kier alpha value is 0.356. The summed E-state index contributed by atoms with van der Waals surface area (Å²) in [5, 5.41) is 0. The number of hydrogen-bond donors (Lipinski definition) is 0. The molecule has 0 spiro atoms. The van der Waals surface area contributed by atoms with Crippen molar-refractivity contribution >= 4 is 12.2 Å². The van der Waals surface area contributed by atoms with Crippen LogP contribution in [0, 0.1) is 0 Å². The van der Waals surface area contributed by atoms with E-state index in [4.69, 9.17) is 0 Å². The first-order valence-electron chi connectivity index (χ1n) is 1.26. The molecule has 0 fully saturated rings. The van der Waals surface area contributed by atoms with Gasteiger partial charge in [-0.3, -0.25) is 0 Å². The van der Waals surface area contributed by atoms with Crippen molar-refractivity contribution < 1.29 is 31.6 Å². The van der Waals surface area contributed by atoms with Crippen LogP contribution < -0.4 is 0 Å². The van der Waals surface area contributed by atoms with Gasteiger partial charge in [-0.25, -0.2) is 0 Å². The van der Waals surface area contributed by atoms with Crippen LogP contribution in [0.2, 0.25) is 0 Å². The Bertz CT molecular complexity index is 39.0. The van der Waals surface area contributed by atoms with Crippen molar-refractivity contribution in [1.82, 2.24) is 0 Å². The molecule has 0 amide bonds. The summed E-state index contributed by atoms with van der Waals surface area (Å²) in [6, 6.07) is 0. The second-order valence-corrected chi connectivity index (χ2v) is 1.82. The van der Waals surface area contributed by atoms with E-state index in [9.17, 15) is 17.3 Å². The minimum atomic E-state index is -2.91. The van der Waals surface area contributed by atoms with Crippen LogP contribution >= 0.6 is 0 Å². The van der Waals surface area contributed by atoms with Gasteiger partial charge in [0.05, 0.1) is 0 Å². The molecule has 0 aliphatic heterocycles. The van der Waals surface area contributed by atoms with E-state index < -0.39 is 26.6 Å². The molecular formula is B2CoF4. The fourth-order valence-corrected chi connectivity index (χ4v) is 0.262. The van der Waals surface area contributed by atoms with Crippen LogP contribution in [0.4, 0.5) is 17.3 Å². The van der Waals surface area contributed by atoms with Gasteiger partial charge in [0.2, 0.25) is 0 Å². The molecule has 0 aromatic carbocycles. The van der Waals surface area contributed by atoms with Crippen molar-refractivity contribution in [3.63, 3.8) is 0 Å². The first-order chi connectivity index (χ1) is 3.13. The van der Waals surface area contributed by atoms with E-state index in [1.165, 1.54) is 0 Å². The first-order valence-corrected chi connectivity index (χ1v) is 2.46. The Morgan fingerprint density at radius 3 is 1.14 bits per heavy atom. The van der Waals surface area contributed by atoms with E-state index >= 15 is 0 Å². The minimum absolute atomic E-state index is 1.06. The molecule has 0 atom stereocenters. The molecular weight excluding hydrogens is 157 g/mol. The topological polar surface area (TPSA) is 0 Å². The van der Waals surface area contributed by atoms with Crippen molar-refractivity contribution in [1.29, 1.82) is 0 Å². The van der Waals surface area contributed by atoms with Crippen LogP contribution in [-0.4, -0.2) is 12.2 Å². The molecule has 0 aromatic heterocycles. The van der Waals surface area contributed by atoms with Crippen LogP contribution in [0.15, 0.2) is 0 Å². The SMILES string of the molecule is F[B](F)[Co][B](F)F. The molecule has 0 aromatic rings. The summed E-state index contributed by atoms with van der Waals surface area (Å²) in [7, 11) is 0. The van der Waals surface area contributed by atoms with Gasteiger partial charge in [0, 0.05) is 0 Å². The fourth-order valence-electron chi connectivity index (χ4n) is 0.0635. The second-order valence-electron chi connectivity index (χ2n) is 0.567. The average Bonchev–Trinajstić information content (AvgIpc) is 1.27. The van der Waals surface area contributed by atoms with E-state index in [1.807, 2.05) is 0 Å². The van der Waals surface area contributed by atoms with Crippen molar-refractivity contribution in [3.05, 3.63) is 0 Å². The van der Waals surface area contributed by atoms with Crippen LogP contribution in [0.3, 0.4) is 0 Å². The molecule has 0 unspecified atom stereocenters. The summed E-state index contributed by atoms with van der Waals surface area (Å²) < 4.78 is 43.2. The average molecular weight is 157 g/mol. The van der Waals surface area contributed by atoms with E-state index in [1.54, 1.807) is 0 Å². The molecule has 0 heterocycles. The van der Waals surface area contributed by atoms with Gasteiger partial charge in [0.1, 0.15) is 0 Å². The van der Waals surface area contributed by atoms with E-state index in [0.29, 0.717) is 0 Å². The fraction of sp³-hybridized carbons (Fsp3) is 0. The summed E-state index contributed by atoms with van der Waals surface area (Å²) in [4.78, 5) is 0. The van der Waals surface area contributed by atoms with Crippen LogP contribution in [0.1, 0.15) is 0 Å². The Kier molecular flexibility index (Phi) is 3.54. The Morgan fingerprint density at radius 2 is 1.14 bits per heavy atom. The molecule has 0 aliphatic carbocycles. The van der Waals surface area contributed by atoms with E-state index in [2.05, 4.69) is 0 Å². The third-order valence-corrected chi connectivity index (χ3v) is 0.693. The molecule has 7 heteroatoms. The quantitative estimate of drug-likeness (QED) is 0.412. The third-order valence-electron chi connectivity index (χ3n) is 0.168. The van der Waals surface area contributed by atoms with Crippen molar-refractivity contribution in [3.8, 4) is 0 Å². The van der Waals surface area contributed by atoms with Crippen LogP contribution in [0.25, 0.3) is 0 Å². The molecule has 7 heavy (non-hydrogen) atoms. The van der Waals surface area contributed by atoms with Gasteiger partial charge in [0.25, 0.3) is 0 Å². The summed E-state index contributed by atoms with van der Waals surface area (Å²) in [6.45, 7) is 0. The monoisotopic (exact) mass is 157 g/mol. The van der Waals surface area contributed by atoms with Crippen LogP contribution in [-0.2, 0) is 14.4 Å². The molecule has 0 aliphatic rings. The Balaban J connectivity index is 2.95. The van der Waals surface area contributed by atoms with Crippen LogP contribution in [0.5, 0.6) is 0 Å². The standard InChI is InChI=1S/2BF2.Co/c2*2-1-3;/q2*+1;-2. The Labute approximate surface area is 44.7 Å². The zero-order chi connectivity index (χ0) is 5.86. The molecule has 43 valence electrons. The van der Waals surface area contributed by atoms with Crippen molar-refractivity contribution in [2.75, 3.05) is 0 Å². The molecule has 0 saturated carbocycles. The number of rotatable bonds is 2. The van der Waals surface area contributed by atoms with Gasteiger partial charge >= 0.3 is 43.9 Å². The molecule has 0 rings (SSSR count). The van der Waals surface area contributed by atoms with Gasteiger partial charge in [0.15, 0.2) is 0 Å². The zero-order valence-corrected chi connectivity index (χ0v) is 4.04. The third kappa shape index (κ3) is 6.36. The van der Waals surface area contributed by atoms with Gasteiger partial charge in [-0.05, 0) is 0 Å². The normalized spacial score (nSPS) is 9.14. The molecule has 0 bridgehead atoms. The van der Waals surface area contributed by atoms with Gasteiger partial charge < -0.3 is 0 Å². The van der Waals surface area contributed by atoms with E-state index in [0.717, 1.165) is 0 Å². The van der Waals surface area contributed by atoms with Gasteiger partial charge in [-0.2, -0.15) is 0 Å². The predicted molar refractivity (Wildman–Crippen MR) is 15.9 cm³/mol. The summed E-state index contributed by atoms with van der Waals surface area (Å²) in [6.07, 6.45) is -5.81. The summed E-state index contributed by atoms with van der Waals surface area (Å²) in [5.41, 5.74) is 0. The van der Waals surface area contributed by atoms with Crippen molar-refractivity contribution in [2.45, 2.75) is 0 Å². The molecule has 0 N–H and O–H groups in total. The predicted octanol–water partition coefficient (Wildman–Crippen LogP) is 0.917. The maximum absolute atomic E-state index is 10.8. The number of halogens is 4. The van der Waals surface area contributed by atoms with Crippen molar-refractivity contribution in [2.24, 2.45) is 0 Å². The second kappa shape index (κ2) is 3.37.